The summed E-state index contributed by atoms with van der Waals surface area (Å²) in [6.45, 7) is 6.28. The quantitative estimate of drug-likeness (QED) is 0.385. The van der Waals surface area contributed by atoms with E-state index < -0.39 is 0 Å². The summed E-state index contributed by atoms with van der Waals surface area (Å²) in [6, 6.07) is 13.3. The fourth-order valence-corrected chi connectivity index (χ4v) is 2.34. The van der Waals surface area contributed by atoms with Gasteiger partial charge in [-0.05, 0) is 32.0 Å². The molecule has 0 saturated carbocycles. The second-order valence-corrected chi connectivity index (χ2v) is 5.75. The SMILES string of the molecule is CCNC(=NCc1cccc(OC)c1O)NCCOc1ccc(C)cc1. The number of aliphatic imine (C=N–C) groups is 1. The van der Waals surface area contributed by atoms with E-state index in [1.807, 2.05) is 50.2 Å². The van der Waals surface area contributed by atoms with Crippen LogP contribution >= 0.6 is 0 Å². The van der Waals surface area contributed by atoms with Gasteiger partial charge in [0.1, 0.15) is 12.4 Å². The number of nitrogens with zero attached hydrogens (tertiary/aromatic N) is 1. The Bertz CT molecular complexity index is 715. The standard InChI is InChI=1S/C20H27N3O3/c1-4-21-20(22-12-13-26-17-10-8-15(2)9-11-17)23-14-16-6-5-7-18(25-3)19(16)24/h5-11,24H,4,12-14H2,1-3H3,(H2,21,22,23). The number of aromatic hydroxyl groups is 1. The van der Waals surface area contributed by atoms with E-state index in [0.29, 0.717) is 37.0 Å². The molecule has 2 aromatic rings. The molecule has 0 aliphatic rings. The van der Waals surface area contributed by atoms with Crippen LogP contribution in [0, 0.1) is 6.92 Å². The molecule has 3 N–H and O–H groups in total. The molecule has 0 aliphatic carbocycles. The van der Waals surface area contributed by atoms with Gasteiger partial charge in [0.25, 0.3) is 0 Å². The lowest BCUT2D eigenvalue weighted by atomic mass is 10.2. The Kier molecular flexibility index (Phi) is 7.61. The lowest BCUT2D eigenvalue weighted by Crippen LogP contribution is -2.39. The van der Waals surface area contributed by atoms with Crippen molar-refractivity contribution in [1.82, 2.24) is 10.6 Å². The molecule has 0 amide bonds. The average molecular weight is 357 g/mol. The number of hydrogen-bond acceptors (Lipinski definition) is 4. The molecule has 26 heavy (non-hydrogen) atoms. The molecule has 0 fully saturated rings. The fraction of sp³-hybridized carbons (Fsp3) is 0.350. The smallest absolute Gasteiger partial charge is 0.191 e. The maximum absolute atomic E-state index is 10.1. The number of aryl methyl sites for hydroxylation is 1. The van der Waals surface area contributed by atoms with Gasteiger partial charge in [-0.1, -0.05) is 29.8 Å². The lowest BCUT2D eigenvalue weighted by Gasteiger charge is -2.13. The molecule has 0 unspecified atom stereocenters. The number of rotatable bonds is 8. The number of benzene rings is 2. The number of methoxy groups -OCH3 is 1. The number of nitrogens with one attached hydrogen (secondary N) is 2. The highest BCUT2D eigenvalue weighted by atomic mass is 16.5. The summed E-state index contributed by atoms with van der Waals surface area (Å²) in [7, 11) is 1.53. The molecular weight excluding hydrogens is 330 g/mol. The molecule has 2 rings (SSSR count). The summed E-state index contributed by atoms with van der Waals surface area (Å²) in [5, 5.41) is 16.5. The Morgan fingerprint density at radius 3 is 2.58 bits per heavy atom. The van der Waals surface area contributed by atoms with Gasteiger partial charge in [0.2, 0.25) is 0 Å². The second-order valence-electron chi connectivity index (χ2n) is 5.75. The van der Waals surface area contributed by atoms with Crippen LogP contribution in [0.25, 0.3) is 0 Å². The zero-order chi connectivity index (χ0) is 18.8. The van der Waals surface area contributed by atoms with E-state index in [2.05, 4.69) is 15.6 Å². The average Bonchev–Trinajstić information content (AvgIpc) is 2.65. The van der Waals surface area contributed by atoms with Crippen LogP contribution in [-0.2, 0) is 6.54 Å². The molecule has 2 aromatic carbocycles. The summed E-state index contributed by atoms with van der Waals surface area (Å²) in [5.74, 6) is 2.09. The Balaban J connectivity index is 1.87. The zero-order valence-electron chi connectivity index (χ0n) is 15.6. The summed E-state index contributed by atoms with van der Waals surface area (Å²) in [6.07, 6.45) is 0. The van der Waals surface area contributed by atoms with Gasteiger partial charge in [0, 0.05) is 12.1 Å². The fourth-order valence-electron chi connectivity index (χ4n) is 2.34. The van der Waals surface area contributed by atoms with Gasteiger partial charge in [-0.15, -0.1) is 0 Å². The first-order valence-corrected chi connectivity index (χ1v) is 8.70. The minimum atomic E-state index is 0.123. The zero-order valence-corrected chi connectivity index (χ0v) is 15.6. The van der Waals surface area contributed by atoms with Crippen molar-refractivity contribution >= 4 is 5.96 Å². The van der Waals surface area contributed by atoms with Crippen molar-refractivity contribution in [1.29, 1.82) is 0 Å². The van der Waals surface area contributed by atoms with E-state index in [9.17, 15) is 5.11 Å². The van der Waals surface area contributed by atoms with E-state index in [-0.39, 0.29) is 5.75 Å². The highest BCUT2D eigenvalue weighted by Crippen LogP contribution is 2.29. The van der Waals surface area contributed by atoms with Crippen LogP contribution in [0.3, 0.4) is 0 Å². The molecular formula is C20H27N3O3. The van der Waals surface area contributed by atoms with Crippen LogP contribution < -0.4 is 20.1 Å². The Labute approximate surface area is 154 Å². The van der Waals surface area contributed by atoms with Crippen LogP contribution in [0.15, 0.2) is 47.5 Å². The van der Waals surface area contributed by atoms with Crippen LogP contribution in [0.2, 0.25) is 0 Å². The van der Waals surface area contributed by atoms with Gasteiger partial charge in [-0.25, -0.2) is 4.99 Å². The second kappa shape index (κ2) is 10.2. The molecule has 6 heteroatoms. The van der Waals surface area contributed by atoms with Crippen molar-refractivity contribution < 1.29 is 14.6 Å². The van der Waals surface area contributed by atoms with Crippen LogP contribution in [0.1, 0.15) is 18.1 Å². The van der Waals surface area contributed by atoms with Crippen molar-refractivity contribution in [3.8, 4) is 17.2 Å². The molecule has 0 saturated heterocycles. The Hall–Kier alpha value is -2.89. The van der Waals surface area contributed by atoms with Gasteiger partial charge in [0.05, 0.1) is 20.2 Å². The molecule has 0 radical (unpaired) electrons. The van der Waals surface area contributed by atoms with Crippen molar-refractivity contribution in [3.63, 3.8) is 0 Å². The third kappa shape index (κ3) is 5.88. The minimum absolute atomic E-state index is 0.123. The van der Waals surface area contributed by atoms with Crippen molar-refractivity contribution in [2.24, 2.45) is 4.99 Å². The largest absolute Gasteiger partial charge is 0.504 e. The molecule has 0 atom stereocenters. The molecule has 0 aliphatic heterocycles. The number of ether oxygens (including phenoxy) is 2. The van der Waals surface area contributed by atoms with E-state index in [1.165, 1.54) is 12.7 Å². The first kappa shape index (κ1) is 19.4. The Morgan fingerprint density at radius 2 is 1.88 bits per heavy atom. The molecule has 0 bridgehead atoms. The van der Waals surface area contributed by atoms with E-state index in [1.54, 1.807) is 6.07 Å². The summed E-state index contributed by atoms with van der Waals surface area (Å²) in [4.78, 5) is 4.50. The topological polar surface area (TPSA) is 75.1 Å². The molecule has 140 valence electrons. The highest BCUT2D eigenvalue weighted by Gasteiger charge is 2.07. The van der Waals surface area contributed by atoms with E-state index in [0.717, 1.165) is 12.3 Å². The third-order valence-electron chi connectivity index (χ3n) is 3.74. The van der Waals surface area contributed by atoms with Crippen molar-refractivity contribution in [2.45, 2.75) is 20.4 Å². The van der Waals surface area contributed by atoms with Gasteiger partial charge >= 0.3 is 0 Å². The van der Waals surface area contributed by atoms with Gasteiger partial charge < -0.3 is 25.2 Å². The number of phenols is 1. The predicted octanol–water partition coefficient (Wildman–Crippen LogP) is 2.84. The highest BCUT2D eigenvalue weighted by molar-refractivity contribution is 5.79. The summed E-state index contributed by atoms with van der Waals surface area (Å²) in [5.41, 5.74) is 1.91. The maximum Gasteiger partial charge on any atom is 0.191 e. The van der Waals surface area contributed by atoms with Crippen molar-refractivity contribution in [3.05, 3.63) is 53.6 Å². The van der Waals surface area contributed by atoms with Crippen LogP contribution in [0.5, 0.6) is 17.2 Å². The minimum Gasteiger partial charge on any atom is -0.504 e. The molecule has 0 heterocycles. The lowest BCUT2D eigenvalue weighted by molar-refractivity contribution is 0.322. The number of hydrogen-bond donors (Lipinski definition) is 3. The molecule has 6 nitrogen and oxygen atoms in total. The molecule has 0 aromatic heterocycles. The number of guanidine groups is 1. The summed E-state index contributed by atoms with van der Waals surface area (Å²) >= 11 is 0. The Morgan fingerprint density at radius 1 is 1.12 bits per heavy atom. The predicted molar refractivity (Wildman–Crippen MR) is 104 cm³/mol. The van der Waals surface area contributed by atoms with Crippen molar-refractivity contribution in [2.75, 3.05) is 26.8 Å². The van der Waals surface area contributed by atoms with E-state index in [4.69, 9.17) is 9.47 Å². The third-order valence-corrected chi connectivity index (χ3v) is 3.74. The summed E-state index contributed by atoms with van der Waals surface area (Å²) < 4.78 is 10.8. The number of phenolic OH excluding ortho intramolecular Hbond substituents is 1. The van der Waals surface area contributed by atoms with Gasteiger partial charge in [-0.2, -0.15) is 0 Å². The maximum atomic E-state index is 10.1. The first-order chi connectivity index (χ1) is 12.6. The van der Waals surface area contributed by atoms with Crippen LogP contribution in [0.4, 0.5) is 0 Å². The van der Waals surface area contributed by atoms with Crippen LogP contribution in [-0.4, -0.2) is 37.9 Å². The molecule has 0 spiro atoms. The first-order valence-electron chi connectivity index (χ1n) is 8.70. The van der Waals surface area contributed by atoms with E-state index >= 15 is 0 Å². The normalized spacial score (nSPS) is 11.1. The van der Waals surface area contributed by atoms with Gasteiger partial charge in [-0.3, -0.25) is 0 Å². The van der Waals surface area contributed by atoms with Gasteiger partial charge in [0.15, 0.2) is 17.5 Å². The monoisotopic (exact) mass is 357 g/mol. The number of para-hydroxylation sites is 1.